The monoisotopic (exact) mass is 205 g/mol. The van der Waals surface area contributed by atoms with Crippen LogP contribution in [-0.4, -0.2) is 0 Å². The smallest absolute Gasteiger partial charge is 0.188 e. The molecule has 0 aliphatic rings. The molecule has 0 unspecified atom stereocenters. The third-order valence-electron chi connectivity index (χ3n) is 1.95. The van der Waals surface area contributed by atoms with Crippen LogP contribution in [0.1, 0.15) is 0 Å². The molecular formula is C11H8ClNO. The molecule has 0 aliphatic heterocycles. The van der Waals surface area contributed by atoms with E-state index >= 15 is 0 Å². The average Bonchev–Trinajstić information content (AvgIpc) is 2.19. The first-order chi connectivity index (χ1) is 6.75. The van der Waals surface area contributed by atoms with Crippen LogP contribution in [0.2, 0.25) is 5.02 Å². The first-order valence-corrected chi connectivity index (χ1v) is 4.58. The van der Waals surface area contributed by atoms with Crippen LogP contribution in [0.15, 0.2) is 48.8 Å². The Morgan fingerprint density at radius 2 is 1.71 bits per heavy atom. The third-order valence-corrected chi connectivity index (χ3v) is 2.20. The highest BCUT2D eigenvalue weighted by atomic mass is 35.5. The highest BCUT2D eigenvalue weighted by Gasteiger charge is 2.00. The maximum atomic E-state index is 11.0. The predicted octanol–water partition coefficient (Wildman–Crippen LogP) is 2.64. The van der Waals surface area contributed by atoms with Gasteiger partial charge < -0.3 is 5.21 Å². The first-order valence-electron chi connectivity index (χ1n) is 4.20. The van der Waals surface area contributed by atoms with E-state index in [1.165, 1.54) is 12.4 Å². The molecule has 0 saturated carbocycles. The van der Waals surface area contributed by atoms with Gasteiger partial charge in [-0.25, -0.2) is 0 Å². The Bertz CT molecular complexity index is 439. The van der Waals surface area contributed by atoms with E-state index < -0.39 is 0 Å². The Kier molecular flexibility index (Phi) is 2.37. The Labute approximate surface area is 87.0 Å². The van der Waals surface area contributed by atoms with E-state index in [1.54, 1.807) is 18.2 Å². The van der Waals surface area contributed by atoms with Gasteiger partial charge in [-0.3, -0.25) is 0 Å². The molecule has 0 aliphatic carbocycles. The summed E-state index contributed by atoms with van der Waals surface area (Å²) >= 11 is 5.76. The molecule has 2 aromatic rings. The van der Waals surface area contributed by atoms with E-state index in [1.807, 2.05) is 18.2 Å². The van der Waals surface area contributed by atoms with Crippen molar-refractivity contribution in [3.8, 4) is 11.1 Å². The number of hydrogen-bond donors (Lipinski definition) is 0. The van der Waals surface area contributed by atoms with Gasteiger partial charge in [0.25, 0.3) is 0 Å². The van der Waals surface area contributed by atoms with E-state index in [4.69, 9.17) is 11.6 Å². The standard InChI is InChI=1S/C11H8ClNO/c12-11-5-3-9(4-6-11)10-2-1-7-13(14)8-10/h1-8H. The number of hydrogen-bond acceptors (Lipinski definition) is 1. The second-order valence-corrected chi connectivity index (χ2v) is 3.40. The molecule has 70 valence electrons. The lowest BCUT2D eigenvalue weighted by molar-refractivity contribution is -0.604. The van der Waals surface area contributed by atoms with Gasteiger partial charge in [0.1, 0.15) is 0 Å². The number of pyridine rings is 1. The van der Waals surface area contributed by atoms with Crippen LogP contribution < -0.4 is 4.73 Å². The van der Waals surface area contributed by atoms with Crippen LogP contribution in [0.5, 0.6) is 0 Å². The van der Waals surface area contributed by atoms with Crippen LogP contribution in [0.3, 0.4) is 0 Å². The molecule has 14 heavy (non-hydrogen) atoms. The molecule has 0 spiro atoms. The van der Waals surface area contributed by atoms with Gasteiger partial charge in [0.2, 0.25) is 0 Å². The van der Waals surface area contributed by atoms with E-state index in [9.17, 15) is 5.21 Å². The van der Waals surface area contributed by atoms with Gasteiger partial charge in [-0.05, 0) is 23.8 Å². The maximum absolute atomic E-state index is 11.0. The molecule has 0 fully saturated rings. The number of aromatic nitrogens is 1. The average molecular weight is 206 g/mol. The highest BCUT2D eigenvalue weighted by molar-refractivity contribution is 6.30. The topological polar surface area (TPSA) is 26.9 Å². The quantitative estimate of drug-likeness (QED) is 0.519. The van der Waals surface area contributed by atoms with Gasteiger partial charge in [-0.2, -0.15) is 4.73 Å². The van der Waals surface area contributed by atoms with Crippen LogP contribution in [-0.2, 0) is 0 Å². The van der Waals surface area contributed by atoms with Crippen molar-refractivity contribution in [1.29, 1.82) is 0 Å². The normalized spacial score (nSPS) is 10.1. The Morgan fingerprint density at radius 1 is 1.00 bits per heavy atom. The van der Waals surface area contributed by atoms with Crippen LogP contribution in [0.4, 0.5) is 0 Å². The van der Waals surface area contributed by atoms with Gasteiger partial charge in [0.15, 0.2) is 12.4 Å². The Morgan fingerprint density at radius 3 is 2.36 bits per heavy atom. The predicted molar refractivity (Wildman–Crippen MR) is 55.8 cm³/mol. The molecule has 0 radical (unpaired) electrons. The zero-order valence-corrected chi connectivity index (χ0v) is 8.11. The summed E-state index contributed by atoms with van der Waals surface area (Å²) < 4.78 is 0.782. The fourth-order valence-electron chi connectivity index (χ4n) is 1.27. The minimum atomic E-state index is 0.694. The van der Waals surface area contributed by atoms with Gasteiger partial charge in [0, 0.05) is 16.7 Å². The van der Waals surface area contributed by atoms with Gasteiger partial charge in [-0.1, -0.05) is 23.7 Å². The number of benzene rings is 1. The fourth-order valence-corrected chi connectivity index (χ4v) is 1.39. The molecular weight excluding hydrogens is 198 g/mol. The summed E-state index contributed by atoms with van der Waals surface area (Å²) in [5.41, 5.74) is 1.87. The largest absolute Gasteiger partial charge is 0.619 e. The van der Waals surface area contributed by atoms with Gasteiger partial charge in [0.05, 0.1) is 0 Å². The highest BCUT2D eigenvalue weighted by Crippen LogP contribution is 2.19. The summed E-state index contributed by atoms with van der Waals surface area (Å²) in [4.78, 5) is 0. The van der Waals surface area contributed by atoms with Gasteiger partial charge >= 0.3 is 0 Å². The lowest BCUT2D eigenvalue weighted by Crippen LogP contribution is -2.23. The minimum absolute atomic E-state index is 0.694. The van der Waals surface area contributed by atoms with Crippen molar-refractivity contribution in [2.45, 2.75) is 0 Å². The van der Waals surface area contributed by atoms with Crippen molar-refractivity contribution in [2.24, 2.45) is 0 Å². The summed E-state index contributed by atoms with van der Waals surface area (Å²) in [5, 5.41) is 11.7. The molecule has 1 aromatic carbocycles. The van der Waals surface area contributed by atoms with E-state index in [2.05, 4.69) is 0 Å². The van der Waals surface area contributed by atoms with E-state index in [0.29, 0.717) is 5.02 Å². The number of rotatable bonds is 1. The second-order valence-electron chi connectivity index (χ2n) is 2.96. The lowest BCUT2D eigenvalue weighted by Gasteiger charge is -2.01. The van der Waals surface area contributed by atoms with Gasteiger partial charge in [-0.15, -0.1) is 0 Å². The van der Waals surface area contributed by atoms with Crippen LogP contribution in [0.25, 0.3) is 11.1 Å². The van der Waals surface area contributed by atoms with Crippen LogP contribution >= 0.6 is 11.6 Å². The van der Waals surface area contributed by atoms with Crippen molar-refractivity contribution in [2.75, 3.05) is 0 Å². The molecule has 0 amide bonds. The van der Waals surface area contributed by atoms with Crippen molar-refractivity contribution in [3.63, 3.8) is 0 Å². The first kappa shape index (κ1) is 9.03. The SMILES string of the molecule is [O-][n+]1cccc(-c2ccc(Cl)cc2)c1. The maximum Gasteiger partial charge on any atom is 0.188 e. The zero-order valence-electron chi connectivity index (χ0n) is 7.35. The molecule has 0 atom stereocenters. The molecule has 0 saturated heterocycles. The van der Waals surface area contributed by atoms with E-state index in [-0.39, 0.29) is 0 Å². The van der Waals surface area contributed by atoms with Crippen molar-refractivity contribution >= 4 is 11.6 Å². The molecule has 0 N–H and O–H groups in total. The third kappa shape index (κ3) is 1.86. The molecule has 0 bridgehead atoms. The Hall–Kier alpha value is -1.54. The molecule has 1 aromatic heterocycles. The lowest BCUT2D eigenvalue weighted by atomic mass is 10.1. The van der Waals surface area contributed by atoms with Crippen LogP contribution in [0, 0.1) is 5.21 Å². The molecule has 2 rings (SSSR count). The van der Waals surface area contributed by atoms with Crippen molar-refractivity contribution in [3.05, 3.63) is 59.0 Å². The molecule has 2 nitrogen and oxygen atoms in total. The number of nitrogens with zero attached hydrogens (tertiary/aromatic N) is 1. The van der Waals surface area contributed by atoms with Crippen molar-refractivity contribution in [1.82, 2.24) is 0 Å². The Balaban J connectivity index is 2.44. The summed E-state index contributed by atoms with van der Waals surface area (Å²) in [6.07, 6.45) is 2.99. The van der Waals surface area contributed by atoms with E-state index in [0.717, 1.165) is 15.9 Å². The molecule has 1 heterocycles. The second kappa shape index (κ2) is 3.68. The van der Waals surface area contributed by atoms with Crippen molar-refractivity contribution < 1.29 is 4.73 Å². The summed E-state index contributed by atoms with van der Waals surface area (Å²) in [5.74, 6) is 0. The summed E-state index contributed by atoms with van der Waals surface area (Å²) in [6.45, 7) is 0. The molecule has 3 heteroatoms. The number of halogens is 1. The minimum Gasteiger partial charge on any atom is -0.619 e. The zero-order chi connectivity index (χ0) is 9.97. The fraction of sp³-hybridized carbons (Fsp3) is 0. The summed E-state index contributed by atoms with van der Waals surface area (Å²) in [6, 6.07) is 11.0. The summed E-state index contributed by atoms with van der Waals surface area (Å²) in [7, 11) is 0.